The van der Waals surface area contributed by atoms with Crippen LogP contribution in [-0.2, 0) is 6.42 Å². The molecule has 59 heavy (non-hydrogen) atoms. The number of hydrogen-bond acceptors (Lipinski definition) is 2. The summed E-state index contributed by atoms with van der Waals surface area (Å²) in [6.45, 7) is 4.81. The Morgan fingerprint density at radius 1 is 0.610 bits per heavy atom. The summed E-state index contributed by atoms with van der Waals surface area (Å²) >= 11 is 0. The van der Waals surface area contributed by atoms with Gasteiger partial charge in [0.2, 0.25) is 0 Å². The van der Waals surface area contributed by atoms with Gasteiger partial charge >= 0.3 is 0 Å². The lowest BCUT2D eigenvalue weighted by atomic mass is 9.72. The molecule has 3 nitrogen and oxygen atoms in total. The molecule has 4 unspecified atom stereocenters. The topological polar surface area (TPSA) is 30.7 Å². The SMILES string of the molecule is CC1C=CC2=C(C1)c1ccccc1C(c1nc(-n3c4ccccc4c4c5c6c(cc43)-c3ccc4ccccc4c3C(C)C(C6)c3ccccc3-5)c3ccccc3n1)CC2. The summed E-state index contributed by atoms with van der Waals surface area (Å²) in [6.07, 6.45) is 8.87. The van der Waals surface area contributed by atoms with Crippen LogP contribution in [-0.4, -0.2) is 14.5 Å². The third-order valence-corrected chi connectivity index (χ3v) is 14.5. The molecule has 4 aliphatic carbocycles. The van der Waals surface area contributed by atoms with Gasteiger partial charge in [0.05, 0.1) is 16.6 Å². The van der Waals surface area contributed by atoms with Crippen molar-refractivity contribution >= 4 is 49.1 Å². The highest BCUT2D eigenvalue weighted by molar-refractivity contribution is 6.19. The molecule has 4 atom stereocenters. The Bertz CT molecular complexity index is 3340. The molecule has 0 amide bonds. The first-order chi connectivity index (χ1) is 29.1. The Morgan fingerprint density at radius 2 is 1.36 bits per heavy atom. The molecule has 2 heterocycles. The molecule has 0 fully saturated rings. The van der Waals surface area contributed by atoms with Crippen LogP contribution >= 0.6 is 0 Å². The number of allylic oxidation sites excluding steroid dienone is 4. The fourth-order valence-corrected chi connectivity index (χ4v) is 11.8. The molecule has 282 valence electrons. The second kappa shape index (κ2) is 12.5. The Balaban J connectivity index is 1.13. The number of para-hydroxylation sites is 2. The monoisotopic (exact) mass is 757 g/mol. The van der Waals surface area contributed by atoms with Gasteiger partial charge in [-0.05, 0) is 140 Å². The van der Waals surface area contributed by atoms with E-state index in [-0.39, 0.29) is 5.92 Å². The van der Waals surface area contributed by atoms with E-state index >= 15 is 0 Å². The number of hydrogen-bond donors (Lipinski definition) is 0. The lowest BCUT2D eigenvalue weighted by Crippen LogP contribution is -2.16. The first kappa shape index (κ1) is 33.4. The van der Waals surface area contributed by atoms with Crippen LogP contribution in [0.4, 0.5) is 0 Å². The van der Waals surface area contributed by atoms with Gasteiger partial charge in [-0.3, -0.25) is 4.57 Å². The second-order valence-electron chi connectivity index (χ2n) is 17.6. The summed E-state index contributed by atoms with van der Waals surface area (Å²) in [5.74, 6) is 3.21. The minimum atomic E-state index is 0.0693. The molecule has 0 radical (unpaired) electrons. The van der Waals surface area contributed by atoms with Gasteiger partial charge in [-0.2, -0.15) is 0 Å². The fourth-order valence-electron chi connectivity index (χ4n) is 11.8. The van der Waals surface area contributed by atoms with E-state index < -0.39 is 0 Å². The molecule has 0 saturated carbocycles. The van der Waals surface area contributed by atoms with Gasteiger partial charge in [0.15, 0.2) is 0 Å². The number of nitrogens with zero attached hydrogens (tertiary/aromatic N) is 3. The minimum absolute atomic E-state index is 0.0693. The summed E-state index contributed by atoms with van der Waals surface area (Å²) in [7, 11) is 0. The zero-order chi connectivity index (χ0) is 38.9. The minimum Gasteiger partial charge on any atom is -0.293 e. The standard InChI is InChI=1S/C56H43N3/c1-32-23-24-35-26-28-42(37-15-5-6-16-38(37)46(35)29-32)55-57-49-21-11-9-19-43(49)56(58-55)59-50-22-12-10-20-44(50)54-51(59)31-47-41-27-25-34-13-3-4-14-36(34)52(41)33(2)45-30-48(47)53(54)40-18-8-7-17-39(40)45/h3-25,27,31-33,42,45H,26,28-30H2,1-2H3. The van der Waals surface area contributed by atoms with Crippen molar-refractivity contribution in [2.24, 2.45) is 5.92 Å². The summed E-state index contributed by atoms with van der Waals surface area (Å²) in [5, 5.41) is 6.34. The average molecular weight is 758 g/mol. The maximum atomic E-state index is 5.79. The fraction of sp³-hybridized carbons (Fsp3) is 0.179. The highest BCUT2D eigenvalue weighted by atomic mass is 15.1. The number of fused-ring (bicyclic) bond motifs is 15. The van der Waals surface area contributed by atoms with E-state index in [1.807, 2.05) is 0 Å². The first-order valence-corrected chi connectivity index (χ1v) is 21.6. The predicted molar refractivity (Wildman–Crippen MR) is 244 cm³/mol. The van der Waals surface area contributed by atoms with Crippen LogP contribution in [0.1, 0.15) is 84.5 Å². The maximum absolute atomic E-state index is 5.79. The van der Waals surface area contributed by atoms with Crippen molar-refractivity contribution in [3.8, 4) is 28.1 Å². The average Bonchev–Trinajstić information content (AvgIpc) is 3.45. The number of benzene rings is 7. The molecule has 0 saturated heterocycles. The summed E-state index contributed by atoms with van der Waals surface area (Å²) in [4.78, 5) is 11.3. The lowest BCUT2D eigenvalue weighted by molar-refractivity contribution is 0.578. The van der Waals surface area contributed by atoms with Crippen LogP contribution in [0.15, 0.2) is 157 Å². The van der Waals surface area contributed by atoms with Gasteiger partial charge in [-0.1, -0.05) is 141 Å². The summed E-state index contributed by atoms with van der Waals surface area (Å²) in [6, 6.07) is 52.4. The molecule has 7 aromatic carbocycles. The summed E-state index contributed by atoms with van der Waals surface area (Å²) in [5.41, 5.74) is 19.0. The van der Waals surface area contributed by atoms with Crippen molar-refractivity contribution in [2.45, 2.75) is 57.3 Å². The van der Waals surface area contributed by atoms with E-state index in [4.69, 9.17) is 9.97 Å². The van der Waals surface area contributed by atoms with Crippen molar-refractivity contribution in [1.29, 1.82) is 0 Å². The third kappa shape index (κ3) is 4.70. The van der Waals surface area contributed by atoms with Crippen LogP contribution in [0.2, 0.25) is 0 Å². The van der Waals surface area contributed by atoms with Gasteiger partial charge in [0.25, 0.3) is 0 Å². The smallest absolute Gasteiger partial charge is 0.149 e. The molecule has 0 spiro atoms. The molecular weight excluding hydrogens is 715 g/mol. The third-order valence-electron chi connectivity index (χ3n) is 14.5. The van der Waals surface area contributed by atoms with E-state index in [1.54, 1.807) is 0 Å². The van der Waals surface area contributed by atoms with E-state index in [0.29, 0.717) is 17.8 Å². The molecule has 4 aliphatic rings. The number of rotatable bonds is 2. The molecule has 2 bridgehead atoms. The van der Waals surface area contributed by atoms with Gasteiger partial charge in [0.1, 0.15) is 11.6 Å². The molecule has 0 N–H and O–H groups in total. The Morgan fingerprint density at radius 3 is 2.25 bits per heavy atom. The predicted octanol–water partition coefficient (Wildman–Crippen LogP) is 14.2. The maximum Gasteiger partial charge on any atom is 0.149 e. The Hall–Kier alpha value is -6.58. The first-order valence-electron chi connectivity index (χ1n) is 21.6. The second-order valence-corrected chi connectivity index (χ2v) is 17.6. The van der Waals surface area contributed by atoms with Gasteiger partial charge in [0, 0.05) is 22.1 Å². The van der Waals surface area contributed by atoms with Crippen molar-refractivity contribution in [1.82, 2.24) is 14.5 Å². The molecular formula is C56H43N3. The van der Waals surface area contributed by atoms with Gasteiger partial charge < -0.3 is 0 Å². The van der Waals surface area contributed by atoms with Crippen LogP contribution in [0.25, 0.3) is 77.1 Å². The highest BCUT2D eigenvalue weighted by Gasteiger charge is 2.38. The van der Waals surface area contributed by atoms with E-state index in [2.05, 4.69) is 170 Å². The zero-order valence-corrected chi connectivity index (χ0v) is 33.4. The largest absolute Gasteiger partial charge is 0.293 e. The molecule has 9 aromatic rings. The number of aromatic nitrogens is 3. The van der Waals surface area contributed by atoms with Crippen molar-refractivity contribution in [2.75, 3.05) is 0 Å². The zero-order valence-electron chi connectivity index (χ0n) is 33.4. The normalized spacial score (nSPS) is 20.3. The Kier molecular flexibility index (Phi) is 7.05. The van der Waals surface area contributed by atoms with Crippen molar-refractivity contribution < 1.29 is 0 Å². The quantitative estimate of drug-likeness (QED) is 0.176. The van der Waals surface area contributed by atoms with Crippen LogP contribution in [0.3, 0.4) is 0 Å². The molecule has 2 aromatic heterocycles. The van der Waals surface area contributed by atoms with E-state index in [1.165, 1.54) is 93.8 Å². The van der Waals surface area contributed by atoms with Gasteiger partial charge in [-0.25, -0.2) is 9.97 Å². The molecule has 3 heteroatoms. The lowest BCUT2D eigenvalue weighted by Gasteiger charge is -2.31. The van der Waals surface area contributed by atoms with E-state index in [0.717, 1.165) is 48.2 Å². The van der Waals surface area contributed by atoms with Crippen molar-refractivity contribution in [3.63, 3.8) is 0 Å². The van der Waals surface area contributed by atoms with Crippen LogP contribution < -0.4 is 0 Å². The van der Waals surface area contributed by atoms with Crippen LogP contribution in [0, 0.1) is 5.92 Å². The molecule has 13 rings (SSSR count). The molecule has 0 aliphatic heterocycles. The summed E-state index contributed by atoms with van der Waals surface area (Å²) < 4.78 is 2.50. The van der Waals surface area contributed by atoms with Gasteiger partial charge in [-0.15, -0.1) is 0 Å². The van der Waals surface area contributed by atoms with Crippen molar-refractivity contribution in [3.05, 3.63) is 191 Å². The highest BCUT2D eigenvalue weighted by Crippen LogP contribution is 2.57. The van der Waals surface area contributed by atoms with E-state index in [9.17, 15) is 0 Å². The van der Waals surface area contributed by atoms with Crippen LogP contribution in [0.5, 0.6) is 0 Å². The Labute approximate surface area is 344 Å².